The molecule has 1 atom stereocenters. The Morgan fingerprint density at radius 3 is 2.70 bits per heavy atom. The van der Waals surface area contributed by atoms with Crippen LogP contribution in [0.2, 0.25) is 0 Å². The predicted molar refractivity (Wildman–Crippen MR) is 131 cm³/mol. The van der Waals surface area contributed by atoms with Crippen LogP contribution in [0.15, 0.2) is 35.7 Å². The van der Waals surface area contributed by atoms with Gasteiger partial charge in [-0.1, -0.05) is 32.9 Å². The molecule has 0 aliphatic carbocycles. The first-order chi connectivity index (χ1) is 15.9. The lowest BCUT2D eigenvalue weighted by atomic mass is 10.0. The Kier molecular flexibility index (Phi) is 9.00. The Morgan fingerprint density at radius 2 is 2.00 bits per heavy atom. The quantitative estimate of drug-likeness (QED) is 0.557. The van der Waals surface area contributed by atoms with Gasteiger partial charge in [-0.3, -0.25) is 4.79 Å². The summed E-state index contributed by atoms with van der Waals surface area (Å²) in [6.07, 6.45) is 1.67. The fraction of sp³-hybridized carbons (Fsp3) is 0.520. The van der Waals surface area contributed by atoms with Crippen LogP contribution in [0.4, 0.5) is 4.79 Å². The van der Waals surface area contributed by atoms with Crippen molar-refractivity contribution in [2.24, 2.45) is 5.92 Å². The Bertz CT molecular complexity index is 930. The van der Waals surface area contributed by atoms with Gasteiger partial charge in [-0.15, -0.1) is 11.3 Å². The van der Waals surface area contributed by atoms with Crippen LogP contribution in [-0.4, -0.2) is 61.6 Å². The van der Waals surface area contributed by atoms with Gasteiger partial charge in [-0.2, -0.15) is 0 Å². The van der Waals surface area contributed by atoms with Crippen LogP contribution in [0, 0.1) is 5.92 Å². The first-order valence-corrected chi connectivity index (χ1v) is 12.5. The van der Waals surface area contributed by atoms with Gasteiger partial charge in [0.15, 0.2) is 11.5 Å². The minimum absolute atomic E-state index is 0.0539. The molecule has 0 bridgehead atoms. The van der Waals surface area contributed by atoms with Crippen molar-refractivity contribution in [1.82, 2.24) is 15.1 Å². The van der Waals surface area contributed by atoms with Gasteiger partial charge < -0.3 is 24.6 Å². The maximum atomic E-state index is 13.5. The van der Waals surface area contributed by atoms with Crippen LogP contribution in [-0.2, 0) is 11.2 Å². The maximum Gasteiger partial charge on any atom is 0.317 e. The Hall–Kier alpha value is -2.74. The van der Waals surface area contributed by atoms with E-state index in [1.54, 1.807) is 23.3 Å². The number of amides is 3. The van der Waals surface area contributed by atoms with Gasteiger partial charge in [0, 0.05) is 24.5 Å². The van der Waals surface area contributed by atoms with Crippen LogP contribution in [0.5, 0.6) is 11.5 Å². The van der Waals surface area contributed by atoms with Gasteiger partial charge >= 0.3 is 6.03 Å². The van der Waals surface area contributed by atoms with E-state index in [1.165, 1.54) is 4.88 Å². The summed E-state index contributed by atoms with van der Waals surface area (Å²) in [5.74, 6) is 1.51. The summed E-state index contributed by atoms with van der Waals surface area (Å²) in [7, 11) is 1.61. The molecule has 33 heavy (non-hydrogen) atoms. The number of rotatable bonds is 10. The molecule has 7 nitrogen and oxygen atoms in total. The number of para-hydroxylation sites is 2. The zero-order valence-corrected chi connectivity index (χ0v) is 20.8. The fourth-order valence-electron chi connectivity index (χ4n) is 4.04. The summed E-state index contributed by atoms with van der Waals surface area (Å²) in [6.45, 7) is 8.22. The summed E-state index contributed by atoms with van der Waals surface area (Å²) in [5.41, 5.74) is 1.13. The van der Waals surface area contributed by atoms with Crippen LogP contribution in [0.1, 0.15) is 43.7 Å². The number of nitrogens with one attached hydrogen (secondary N) is 1. The maximum absolute atomic E-state index is 13.5. The van der Waals surface area contributed by atoms with Gasteiger partial charge in [0.1, 0.15) is 13.2 Å². The SMILES string of the molecule is CCCNC(=O)N(CC(=O)N1CCc2sccc2C1COc1ccccc1OC)CC(C)C. The molecule has 180 valence electrons. The number of fused-ring (bicyclic) bond motifs is 1. The number of nitrogens with zero attached hydrogens (tertiary/aromatic N) is 2. The van der Waals surface area contributed by atoms with E-state index < -0.39 is 0 Å². The molecule has 1 unspecified atom stereocenters. The molecule has 8 heteroatoms. The summed E-state index contributed by atoms with van der Waals surface area (Å²) >= 11 is 1.72. The Balaban J connectivity index is 1.77. The van der Waals surface area contributed by atoms with E-state index in [4.69, 9.17) is 9.47 Å². The van der Waals surface area contributed by atoms with Gasteiger partial charge in [-0.05, 0) is 47.9 Å². The normalized spacial score (nSPS) is 15.2. The first kappa shape index (κ1) is 24.9. The van der Waals surface area contributed by atoms with Gasteiger partial charge in [0.25, 0.3) is 0 Å². The van der Waals surface area contributed by atoms with E-state index in [-0.39, 0.29) is 30.4 Å². The number of methoxy groups -OCH3 is 1. The van der Waals surface area contributed by atoms with Gasteiger partial charge in [0.05, 0.1) is 13.2 Å². The van der Waals surface area contributed by atoms with Crippen LogP contribution < -0.4 is 14.8 Å². The molecule has 1 aromatic heterocycles. The number of benzene rings is 1. The van der Waals surface area contributed by atoms with E-state index in [2.05, 4.69) is 16.8 Å². The van der Waals surface area contributed by atoms with Crippen molar-refractivity contribution >= 4 is 23.3 Å². The molecule has 1 N–H and O–H groups in total. The van der Waals surface area contributed by atoms with Crippen molar-refractivity contribution in [3.63, 3.8) is 0 Å². The number of carbonyl (C=O) groups is 2. The number of thiophene rings is 1. The number of hydrogen-bond acceptors (Lipinski definition) is 5. The molecular formula is C25H35N3O4S. The van der Waals surface area contributed by atoms with Crippen molar-refractivity contribution in [2.75, 3.05) is 39.9 Å². The number of ether oxygens (including phenoxy) is 2. The smallest absolute Gasteiger partial charge is 0.317 e. The second-order valence-electron chi connectivity index (χ2n) is 8.62. The molecule has 1 aliphatic heterocycles. The van der Waals surface area contributed by atoms with Crippen LogP contribution in [0.25, 0.3) is 0 Å². The van der Waals surface area contributed by atoms with E-state index >= 15 is 0 Å². The molecule has 3 rings (SSSR count). The summed E-state index contributed by atoms with van der Waals surface area (Å²) in [6, 6.07) is 9.20. The van der Waals surface area contributed by atoms with Crippen molar-refractivity contribution in [3.8, 4) is 11.5 Å². The lowest BCUT2D eigenvalue weighted by Gasteiger charge is -2.37. The largest absolute Gasteiger partial charge is 0.493 e. The molecule has 1 aromatic carbocycles. The lowest BCUT2D eigenvalue weighted by molar-refractivity contribution is -0.135. The van der Waals surface area contributed by atoms with Gasteiger partial charge in [-0.25, -0.2) is 4.79 Å². The highest BCUT2D eigenvalue weighted by Gasteiger charge is 2.33. The molecular weight excluding hydrogens is 438 g/mol. The minimum atomic E-state index is -0.211. The molecule has 2 aromatic rings. The highest BCUT2D eigenvalue weighted by Crippen LogP contribution is 2.35. The third kappa shape index (κ3) is 6.41. The zero-order chi connectivity index (χ0) is 23.8. The first-order valence-electron chi connectivity index (χ1n) is 11.6. The Morgan fingerprint density at radius 1 is 1.24 bits per heavy atom. The monoisotopic (exact) mass is 473 g/mol. The number of carbonyl (C=O) groups excluding carboxylic acids is 2. The highest BCUT2D eigenvalue weighted by atomic mass is 32.1. The van der Waals surface area contributed by atoms with E-state index in [0.717, 1.165) is 18.4 Å². The summed E-state index contributed by atoms with van der Waals surface area (Å²) < 4.78 is 11.5. The van der Waals surface area contributed by atoms with Crippen molar-refractivity contribution < 1.29 is 19.1 Å². The third-order valence-electron chi connectivity index (χ3n) is 5.61. The van der Waals surface area contributed by atoms with Crippen molar-refractivity contribution in [3.05, 3.63) is 46.2 Å². The highest BCUT2D eigenvalue weighted by molar-refractivity contribution is 7.10. The topological polar surface area (TPSA) is 71.1 Å². The molecule has 0 spiro atoms. The van der Waals surface area contributed by atoms with Crippen LogP contribution >= 0.6 is 11.3 Å². The third-order valence-corrected chi connectivity index (χ3v) is 6.60. The minimum Gasteiger partial charge on any atom is -0.493 e. The standard InChI is InChI=1S/C25H35N3O4S/c1-5-12-26-25(30)27(15-18(2)3)16-24(29)28-13-10-23-19(11-14-33-23)20(28)17-32-22-9-7-6-8-21(22)31-4/h6-9,11,14,18,20H,5,10,12-13,15-17H2,1-4H3,(H,26,30). The molecule has 0 saturated heterocycles. The molecule has 3 amide bonds. The number of urea groups is 1. The Labute approximate surface area is 200 Å². The summed E-state index contributed by atoms with van der Waals surface area (Å²) in [4.78, 5) is 30.9. The zero-order valence-electron chi connectivity index (χ0n) is 20.0. The van der Waals surface area contributed by atoms with E-state index in [0.29, 0.717) is 37.7 Å². The average molecular weight is 474 g/mol. The molecule has 0 fully saturated rings. The predicted octanol–water partition coefficient (Wildman–Crippen LogP) is 4.34. The molecule has 2 heterocycles. The lowest BCUT2D eigenvalue weighted by Crippen LogP contribution is -2.50. The molecule has 0 saturated carbocycles. The van der Waals surface area contributed by atoms with Crippen molar-refractivity contribution in [2.45, 2.75) is 39.7 Å². The molecule has 0 radical (unpaired) electrons. The summed E-state index contributed by atoms with van der Waals surface area (Å²) in [5, 5.41) is 4.97. The van der Waals surface area contributed by atoms with Crippen molar-refractivity contribution in [1.29, 1.82) is 0 Å². The number of hydrogen-bond donors (Lipinski definition) is 1. The van der Waals surface area contributed by atoms with Crippen LogP contribution in [0.3, 0.4) is 0 Å². The average Bonchev–Trinajstić information content (AvgIpc) is 3.29. The van der Waals surface area contributed by atoms with E-state index in [1.807, 2.05) is 49.9 Å². The molecule has 1 aliphatic rings. The van der Waals surface area contributed by atoms with Gasteiger partial charge in [0.2, 0.25) is 5.91 Å². The van der Waals surface area contributed by atoms with E-state index in [9.17, 15) is 9.59 Å². The fourth-order valence-corrected chi connectivity index (χ4v) is 4.97. The second-order valence-corrected chi connectivity index (χ2v) is 9.62. The second kappa shape index (κ2) is 11.9.